The number of hydrogen-bond acceptors (Lipinski definition) is 4. The van der Waals surface area contributed by atoms with E-state index in [0.29, 0.717) is 18.2 Å². The van der Waals surface area contributed by atoms with Gasteiger partial charge >= 0.3 is 0 Å². The number of benzene rings is 1. The fraction of sp³-hybridized carbons (Fsp3) is 0.500. The molecular weight excluding hydrogens is 330 g/mol. The topological polar surface area (TPSA) is 59.2 Å². The van der Waals surface area contributed by atoms with Gasteiger partial charge in [0, 0.05) is 24.9 Å². The molecule has 0 atom stereocenters. The van der Waals surface area contributed by atoms with Gasteiger partial charge in [0.2, 0.25) is 0 Å². The van der Waals surface area contributed by atoms with Crippen molar-refractivity contribution in [3.63, 3.8) is 0 Å². The molecule has 1 aliphatic heterocycles. The van der Waals surface area contributed by atoms with Gasteiger partial charge in [-0.3, -0.25) is 4.79 Å². The van der Waals surface area contributed by atoms with Gasteiger partial charge in [0.15, 0.2) is 0 Å². The predicted octanol–water partition coefficient (Wildman–Crippen LogP) is 3.44. The Morgan fingerprint density at radius 3 is 2.64 bits per heavy atom. The molecule has 1 amide bonds. The quantitative estimate of drug-likeness (QED) is 0.861. The second-order valence-electron chi connectivity index (χ2n) is 6.93. The summed E-state index contributed by atoms with van der Waals surface area (Å²) in [6.45, 7) is 4.40. The van der Waals surface area contributed by atoms with Gasteiger partial charge in [-0.05, 0) is 50.6 Å². The van der Waals surface area contributed by atoms with E-state index in [2.05, 4.69) is 36.2 Å². The normalized spacial score (nSPS) is 15.5. The molecule has 0 unspecified atom stereocenters. The van der Waals surface area contributed by atoms with Crippen LogP contribution in [0, 0.1) is 12.8 Å². The lowest BCUT2D eigenvalue weighted by Crippen LogP contribution is -2.38. The molecule has 0 radical (unpaired) electrons. The monoisotopic (exact) mass is 357 g/mol. The first-order valence-electron chi connectivity index (χ1n) is 9.15. The molecule has 3 rings (SSSR count). The maximum atomic E-state index is 12.6. The summed E-state index contributed by atoms with van der Waals surface area (Å²) in [5.41, 5.74) is 8.87. The number of aryl methyl sites for hydroxylation is 2. The summed E-state index contributed by atoms with van der Waals surface area (Å²) < 4.78 is 0. The average Bonchev–Trinajstić information content (AvgIpc) is 3.10. The lowest BCUT2D eigenvalue weighted by atomic mass is 9.90. The van der Waals surface area contributed by atoms with Crippen LogP contribution < -0.4 is 5.73 Å². The summed E-state index contributed by atoms with van der Waals surface area (Å²) in [7, 11) is 0. The molecule has 134 valence electrons. The van der Waals surface area contributed by atoms with Crippen molar-refractivity contribution in [2.24, 2.45) is 11.7 Å². The molecule has 2 N–H and O–H groups in total. The minimum atomic E-state index is 0.0801. The van der Waals surface area contributed by atoms with Crippen LogP contribution in [0.4, 0.5) is 0 Å². The summed E-state index contributed by atoms with van der Waals surface area (Å²) in [5, 5.41) is 2.83. The molecule has 2 aromatic rings. The zero-order valence-electron chi connectivity index (χ0n) is 14.9. The second-order valence-corrected chi connectivity index (χ2v) is 7.87. The largest absolute Gasteiger partial charge is 0.337 e. The third kappa shape index (κ3) is 4.89. The summed E-state index contributed by atoms with van der Waals surface area (Å²) in [6.07, 6.45) is 5.28. The van der Waals surface area contributed by atoms with Gasteiger partial charge in [-0.2, -0.15) is 0 Å². The Bertz CT molecular complexity index is 687. The SMILES string of the molecule is Cc1ccc(CCC2CCN(C(=O)c3csc(CCN)n3)CC2)cc1. The number of hydrogen-bond donors (Lipinski definition) is 1. The lowest BCUT2D eigenvalue weighted by molar-refractivity contribution is 0.0681. The summed E-state index contributed by atoms with van der Waals surface area (Å²) in [4.78, 5) is 19.0. The Balaban J connectivity index is 1.46. The van der Waals surface area contributed by atoms with Crippen LogP contribution in [0.3, 0.4) is 0 Å². The highest BCUT2D eigenvalue weighted by Gasteiger charge is 2.24. The van der Waals surface area contributed by atoms with Crippen LogP contribution in [0.15, 0.2) is 29.6 Å². The third-order valence-corrected chi connectivity index (χ3v) is 5.90. The second kappa shape index (κ2) is 8.59. The Labute approximate surface area is 154 Å². The van der Waals surface area contributed by atoms with Crippen LogP contribution in [0.2, 0.25) is 0 Å². The van der Waals surface area contributed by atoms with Crippen LogP contribution in [0.1, 0.15) is 45.9 Å². The zero-order chi connectivity index (χ0) is 17.6. The first-order chi connectivity index (χ1) is 12.2. The predicted molar refractivity (Wildman–Crippen MR) is 103 cm³/mol. The van der Waals surface area contributed by atoms with Crippen molar-refractivity contribution < 1.29 is 4.79 Å². The van der Waals surface area contributed by atoms with Gasteiger partial charge in [0.05, 0.1) is 5.01 Å². The molecule has 25 heavy (non-hydrogen) atoms. The molecule has 0 bridgehead atoms. The van der Waals surface area contributed by atoms with Crippen LogP contribution >= 0.6 is 11.3 Å². The molecule has 1 aromatic carbocycles. The Kier molecular flexibility index (Phi) is 6.21. The van der Waals surface area contributed by atoms with Crippen molar-refractivity contribution in [3.05, 3.63) is 51.5 Å². The summed E-state index contributed by atoms with van der Waals surface area (Å²) in [6, 6.07) is 8.83. The van der Waals surface area contributed by atoms with Crippen LogP contribution in [0.5, 0.6) is 0 Å². The van der Waals surface area contributed by atoms with E-state index in [4.69, 9.17) is 5.73 Å². The van der Waals surface area contributed by atoms with Gasteiger partial charge in [0.25, 0.3) is 5.91 Å². The highest BCUT2D eigenvalue weighted by Crippen LogP contribution is 2.24. The van der Waals surface area contributed by atoms with Crippen molar-refractivity contribution >= 4 is 17.2 Å². The number of nitrogens with two attached hydrogens (primary N) is 1. The zero-order valence-corrected chi connectivity index (χ0v) is 15.7. The maximum absolute atomic E-state index is 12.6. The van der Waals surface area contributed by atoms with Gasteiger partial charge in [0.1, 0.15) is 5.69 Å². The highest BCUT2D eigenvalue weighted by molar-refractivity contribution is 7.09. The van der Waals surface area contributed by atoms with Crippen LogP contribution in [0.25, 0.3) is 0 Å². The Hall–Kier alpha value is -1.72. The number of thiazole rings is 1. The molecule has 0 saturated carbocycles. The van der Waals surface area contributed by atoms with Gasteiger partial charge in [-0.15, -0.1) is 11.3 Å². The molecule has 1 aliphatic rings. The molecular formula is C20H27N3OS. The van der Waals surface area contributed by atoms with Crippen molar-refractivity contribution in [2.45, 2.75) is 39.0 Å². The van der Waals surface area contributed by atoms with E-state index >= 15 is 0 Å². The molecule has 1 aromatic heterocycles. The Morgan fingerprint density at radius 1 is 1.24 bits per heavy atom. The van der Waals surface area contributed by atoms with Crippen molar-refractivity contribution in [3.8, 4) is 0 Å². The van der Waals surface area contributed by atoms with E-state index in [1.54, 1.807) is 0 Å². The number of likely N-dealkylation sites (tertiary alicyclic amines) is 1. The number of nitrogens with zero attached hydrogens (tertiary/aromatic N) is 2. The minimum absolute atomic E-state index is 0.0801. The van der Waals surface area contributed by atoms with E-state index in [1.165, 1.54) is 28.9 Å². The molecule has 0 aliphatic carbocycles. The van der Waals surface area contributed by atoms with E-state index in [1.807, 2.05) is 10.3 Å². The van der Waals surface area contributed by atoms with Crippen molar-refractivity contribution in [1.82, 2.24) is 9.88 Å². The van der Waals surface area contributed by atoms with Gasteiger partial charge < -0.3 is 10.6 Å². The number of carbonyl (C=O) groups is 1. The number of aromatic nitrogens is 1. The first-order valence-corrected chi connectivity index (χ1v) is 10.0. The standard InChI is InChI=1S/C20H27N3OS/c1-15-2-4-16(5-3-15)6-7-17-9-12-23(13-10-17)20(24)18-14-25-19(22-18)8-11-21/h2-5,14,17H,6-13,21H2,1H3. The summed E-state index contributed by atoms with van der Waals surface area (Å²) >= 11 is 1.54. The molecule has 1 fully saturated rings. The molecule has 0 spiro atoms. The fourth-order valence-electron chi connectivity index (χ4n) is 3.36. The van der Waals surface area contributed by atoms with E-state index in [0.717, 1.165) is 43.8 Å². The fourth-order valence-corrected chi connectivity index (χ4v) is 4.15. The van der Waals surface area contributed by atoms with Gasteiger partial charge in [-0.25, -0.2) is 4.98 Å². The number of amides is 1. The van der Waals surface area contributed by atoms with Crippen LogP contribution in [-0.4, -0.2) is 35.4 Å². The molecule has 2 heterocycles. The van der Waals surface area contributed by atoms with Crippen molar-refractivity contribution in [1.29, 1.82) is 0 Å². The average molecular weight is 358 g/mol. The Morgan fingerprint density at radius 2 is 1.96 bits per heavy atom. The molecule has 5 heteroatoms. The first kappa shape index (κ1) is 18.1. The minimum Gasteiger partial charge on any atom is -0.337 e. The highest BCUT2D eigenvalue weighted by atomic mass is 32.1. The number of piperidine rings is 1. The van der Waals surface area contributed by atoms with Crippen LogP contribution in [-0.2, 0) is 12.8 Å². The van der Waals surface area contributed by atoms with E-state index in [9.17, 15) is 4.79 Å². The van der Waals surface area contributed by atoms with Gasteiger partial charge in [-0.1, -0.05) is 29.8 Å². The lowest BCUT2D eigenvalue weighted by Gasteiger charge is -2.31. The smallest absolute Gasteiger partial charge is 0.273 e. The molecule has 4 nitrogen and oxygen atoms in total. The maximum Gasteiger partial charge on any atom is 0.273 e. The molecule has 1 saturated heterocycles. The van der Waals surface area contributed by atoms with E-state index in [-0.39, 0.29) is 5.91 Å². The number of carbonyl (C=O) groups excluding carboxylic acids is 1. The number of rotatable bonds is 6. The third-order valence-electron chi connectivity index (χ3n) is 4.99. The van der Waals surface area contributed by atoms with E-state index < -0.39 is 0 Å². The summed E-state index contributed by atoms with van der Waals surface area (Å²) in [5.74, 6) is 0.796. The van der Waals surface area contributed by atoms with Crippen molar-refractivity contribution in [2.75, 3.05) is 19.6 Å².